The molecule has 0 aliphatic carbocycles. The van der Waals surface area contributed by atoms with Crippen LogP contribution < -0.4 is 10.4 Å². The molecule has 142 valence electrons. The first kappa shape index (κ1) is 17.8. The number of aromatic amines is 1. The zero-order valence-corrected chi connectivity index (χ0v) is 15.3. The molecule has 2 heterocycles. The third kappa shape index (κ3) is 3.23. The zero-order chi connectivity index (χ0) is 19.5. The van der Waals surface area contributed by atoms with Gasteiger partial charge in [0.15, 0.2) is 0 Å². The summed E-state index contributed by atoms with van der Waals surface area (Å²) in [6.07, 6.45) is 6.96. The molecular formula is C21H20N4O3. The number of methoxy groups -OCH3 is 1. The van der Waals surface area contributed by atoms with E-state index >= 15 is 0 Å². The van der Waals surface area contributed by atoms with Gasteiger partial charge in [0.05, 0.1) is 31.6 Å². The average Bonchev–Trinajstić information content (AvgIpc) is 3.40. The molecule has 0 saturated heterocycles. The molecule has 0 bridgehead atoms. The molecule has 0 aliphatic heterocycles. The van der Waals surface area contributed by atoms with Gasteiger partial charge in [-0.2, -0.15) is 5.10 Å². The van der Waals surface area contributed by atoms with Gasteiger partial charge in [-0.1, -0.05) is 24.3 Å². The van der Waals surface area contributed by atoms with Crippen LogP contribution in [0, 0.1) is 0 Å². The van der Waals surface area contributed by atoms with Crippen LogP contribution in [-0.4, -0.2) is 38.2 Å². The summed E-state index contributed by atoms with van der Waals surface area (Å²) in [7, 11) is 1.59. The molecule has 0 saturated carbocycles. The van der Waals surface area contributed by atoms with Gasteiger partial charge in [0.25, 0.3) is 0 Å². The van der Waals surface area contributed by atoms with Crippen molar-refractivity contribution in [3.63, 3.8) is 0 Å². The minimum atomic E-state index is -0.492. The van der Waals surface area contributed by atoms with Crippen molar-refractivity contribution in [2.24, 2.45) is 0 Å². The Kier molecular flexibility index (Phi) is 4.82. The van der Waals surface area contributed by atoms with E-state index in [1.165, 1.54) is 4.57 Å². The molecule has 4 rings (SSSR count). The predicted molar refractivity (Wildman–Crippen MR) is 106 cm³/mol. The van der Waals surface area contributed by atoms with E-state index in [2.05, 4.69) is 10.2 Å². The number of ether oxygens (including phenoxy) is 1. The van der Waals surface area contributed by atoms with Crippen molar-refractivity contribution >= 4 is 0 Å². The molecule has 0 radical (unpaired) electrons. The fourth-order valence-electron chi connectivity index (χ4n) is 3.25. The second kappa shape index (κ2) is 7.58. The molecular weight excluding hydrogens is 356 g/mol. The number of imidazole rings is 1. The lowest BCUT2D eigenvalue weighted by Crippen LogP contribution is -2.28. The Balaban J connectivity index is 1.67. The van der Waals surface area contributed by atoms with Crippen LogP contribution in [0.4, 0.5) is 0 Å². The van der Waals surface area contributed by atoms with Crippen LogP contribution in [0.5, 0.6) is 5.75 Å². The van der Waals surface area contributed by atoms with Gasteiger partial charge in [-0.3, -0.25) is 14.2 Å². The van der Waals surface area contributed by atoms with Crippen LogP contribution in [0.25, 0.3) is 16.8 Å². The molecule has 4 aromatic rings. The second-order valence-electron chi connectivity index (χ2n) is 6.37. The minimum absolute atomic E-state index is 0.198. The summed E-state index contributed by atoms with van der Waals surface area (Å²) in [5, 5.41) is 16.7. The maximum Gasteiger partial charge on any atom is 0.333 e. The first-order chi connectivity index (χ1) is 13.7. The summed E-state index contributed by atoms with van der Waals surface area (Å²) in [6.45, 7) is -0.198. The van der Waals surface area contributed by atoms with Crippen molar-refractivity contribution in [2.45, 2.75) is 6.04 Å². The van der Waals surface area contributed by atoms with Crippen LogP contribution in [0.15, 0.2) is 78.1 Å². The number of hydrogen-bond acceptors (Lipinski definition) is 4. The summed E-state index contributed by atoms with van der Waals surface area (Å²) in [5.41, 5.74) is 3.32. The molecule has 1 atom stereocenters. The van der Waals surface area contributed by atoms with Gasteiger partial charge in [0.1, 0.15) is 5.75 Å². The van der Waals surface area contributed by atoms with Gasteiger partial charge in [-0.05, 0) is 35.4 Å². The zero-order valence-electron chi connectivity index (χ0n) is 15.3. The highest BCUT2D eigenvalue weighted by molar-refractivity contribution is 5.62. The van der Waals surface area contributed by atoms with E-state index < -0.39 is 6.04 Å². The summed E-state index contributed by atoms with van der Waals surface area (Å²) < 4.78 is 8.34. The Bertz CT molecular complexity index is 1110. The number of aliphatic hydroxyl groups excluding tert-OH is 1. The lowest BCUT2D eigenvalue weighted by atomic mass is 10.1. The predicted octanol–water partition coefficient (Wildman–Crippen LogP) is 2.62. The van der Waals surface area contributed by atoms with E-state index in [1.54, 1.807) is 30.3 Å². The number of nitrogens with zero attached hydrogens (tertiary/aromatic N) is 3. The third-order valence-corrected chi connectivity index (χ3v) is 4.77. The first-order valence-electron chi connectivity index (χ1n) is 8.85. The van der Waals surface area contributed by atoms with Crippen LogP contribution in [0.3, 0.4) is 0 Å². The van der Waals surface area contributed by atoms with Crippen LogP contribution >= 0.6 is 0 Å². The van der Waals surface area contributed by atoms with Gasteiger partial charge < -0.3 is 9.84 Å². The number of aromatic nitrogens is 4. The normalized spacial score (nSPS) is 12.1. The number of nitrogens with one attached hydrogen (secondary N) is 1. The topological polar surface area (TPSA) is 85.1 Å². The van der Waals surface area contributed by atoms with E-state index in [0.717, 1.165) is 22.4 Å². The quantitative estimate of drug-likeness (QED) is 0.542. The summed E-state index contributed by atoms with van der Waals surface area (Å²) >= 11 is 0. The molecule has 0 fully saturated rings. The van der Waals surface area contributed by atoms with Crippen LogP contribution in [0.2, 0.25) is 0 Å². The van der Waals surface area contributed by atoms with Gasteiger partial charge in [-0.15, -0.1) is 0 Å². The fourth-order valence-corrected chi connectivity index (χ4v) is 3.25. The smallest absolute Gasteiger partial charge is 0.333 e. The van der Waals surface area contributed by atoms with Gasteiger partial charge in [-0.25, -0.2) is 4.79 Å². The van der Waals surface area contributed by atoms with E-state index in [4.69, 9.17) is 4.74 Å². The van der Waals surface area contributed by atoms with Crippen LogP contribution in [-0.2, 0) is 0 Å². The van der Waals surface area contributed by atoms with Gasteiger partial charge >= 0.3 is 5.69 Å². The number of H-pyrrole nitrogens is 1. The van der Waals surface area contributed by atoms with Crippen molar-refractivity contribution in [1.29, 1.82) is 0 Å². The molecule has 2 N–H and O–H groups in total. The minimum Gasteiger partial charge on any atom is -0.497 e. The van der Waals surface area contributed by atoms with Crippen molar-refractivity contribution in [1.82, 2.24) is 19.3 Å². The molecule has 2 aromatic heterocycles. The average molecular weight is 376 g/mol. The fraction of sp³-hybridized carbons (Fsp3) is 0.143. The largest absolute Gasteiger partial charge is 0.497 e. The summed E-state index contributed by atoms with van der Waals surface area (Å²) in [4.78, 5) is 13.0. The molecule has 2 aromatic carbocycles. The molecule has 0 amide bonds. The number of benzene rings is 2. The monoisotopic (exact) mass is 376 g/mol. The van der Waals surface area contributed by atoms with Crippen molar-refractivity contribution < 1.29 is 9.84 Å². The van der Waals surface area contributed by atoms with E-state index in [1.807, 2.05) is 54.7 Å². The molecule has 0 aliphatic rings. The Morgan fingerprint density at radius 1 is 1.14 bits per heavy atom. The Morgan fingerprint density at radius 3 is 2.64 bits per heavy atom. The summed E-state index contributed by atoms with van der Waals surface area (Å²) in [5.74, 6) is 0.679. The van der Waals surface area contributed by atoms with Gasteiger partial charge in [0, 0.05) is 24.2 Å². The number of aliphatic hydroxyl groups is 1. The molecule has 0 spiro atoms. The molecule has 1 unspecified atom stereocenters. The van der Waals surface area contributed by atoms with Crippen molar-refractivity contribution in [2.75, 3.05) is 13.7 Å². The molecule has 28 heavy (non-hydrogen) atoms. The lowest BCUT2D eigenvalue weighted by Gasteiger charge is -2.16. The van der Waals surface area contributed by atoms with Crippen LogP contribution in [0.1, 0.15) is 11.6 Å². The molecule has 7 heteroatoms. The SMILES string of the molecule is COc1cccc(C(CO)n2ccn(-c3ccc(-c4cn[nH]c4)cc3)c2=O)c1. The second-order valence-corrected chi connectivity index (χ2v) is 6.37. The summed E-state index contributed by atoms with van der Waals surface area (Å²) in [6, 6.07) is 14.5. The molecule has 7 nitrogen and oxygen atoms in total. The maximum absolute atomic E-state index is 13.0. The van der Waals surface area contributed by atoms with Crippen molar-refractivity contribution in [3.8, 4) is 22.6 Å². The van der Waals surface area contributed by atoms with E-state index in [-0.39, 0.29) is 12.3 Å². The Morgan fingerprint density at radius 2 is 1.96 bits per heavy atom. The van der Waals surface area contributed by atoms with E-state index in [9.17, 15) is 9.90 Å². The van der Waals surface area contributed by atoms with Gasteiger partial charge in [0.2, 0.25) is 0 Å². The maximum atomic E-state index is 13.0. The standard InChI is InChI=1S/C21H20N4O3/c1-28-19-4-2-3-16(11-19)20(14-26)25-10-9-24(21(25)27)18-7-5-15(6-8-18)17-12-22-23-13-17/h2-13,20,26H,14H2,1H3,(H,22,23). The highest BCUT2D eigenvalue weighted by Crippen LogP contribution is 2.22. The highest BCUT2D eigenvalue weighted by atomic mass is 16.5. The Hall–Kier alpha value is -3.58. The lowest BCUT2D eigenvalue weighted by molar-refractivity contribution is 0.246. The van der Waals surface area contributed by atoms with Crippen molar-refractivity contribution in [3.05, 3.63) is 89.4 Å². The number of rotatable bonds is 6. The van der Waals surface area contributed by atoms with E-state index in [0.29, 0.717) is 5.75 Å². The first-order valence-corrected chi connectivity index (χ1v) is 8.85. The highest BCUT2D eigenvalue weighted by Gasteiger charge is 2.17. The third-order valence-electron chi connectivity index (χ3n) is 4.77. The Labute approximate surface area is 161 Å². The number of hydrogen-bond donors (Lipinski definition) is 2.